The van der Waals surface area contributed by atoms with E-state index in [0.29, 0.717) is 12.0 Å². The Bertz CT molecular complexity index is 461. The molecule has 0 spiro atoms. The molecule has 2 rings (SSSR count). The molecule has 0 radical (unpaired) electrons. The summed E-state index contributed by atoms with van der Waals surface area (Å²) in [6.07, 6.45) is 4.42. The minimum atomic E-state index is 0.479. The number of rotatable bonds is 5. The highest BCUT2D eigenvalue weighted by Crippen LogP contribution is 2.16. The molecule has 0 aliphatic rings. The van der Waals surface area contributed by atoms with E-state index in [0.717, 1.165) is 11.4 Å². The highest BCUT2D eigenvalue weighted by molar-refractivity contribution is 5.48. The molecular weight excluding hydrogens is 224 g/mol. The van der Waals surface area contributed by atoms with Crippen LogP contribution in [0, 0.1) is 5.92 Å². The molecule has 18 heavy (non-hydrogen) atoms. The monoisotopic (exact) mass is 244 g/mol. The quantitative estimate of drug-likeness (QED) is 0.878. The fourth-order valence-electron chi connectivity index (χ4n) is 1.81. The lowest BCUT2D eigenvalue weighted by atomic mass is 10.0. The fraction of sp³-hybridized carbons (Fsp3) is 0.429. The van der Waals surface area contributed by atoms with Gasteiger partial charge in [0, 0.05) is 11.7 Å². The van der Waals surface area contributed by atoms with Crippen molar-refractivity contribution < 1.29 is 0 Å². The Hall–Kier alpha value is -1.84. The van der Waals surface area contributed by atoms with Crippen LogP contribution in [0.4, 0.5) is 5.69 Å². The molecule has 4 heteroatoms. The van der Waals surface area contributed by atoms with Gasteiger partial charge in [0.25, 0.3) is 0 Å². The molecule has 4 nitrogen and oxygen atoms in total. The molecule has 2 unspecified atom stereocenters. The van der Waals surface area contributed by atoms with Crippen LogP contribution in [0.25, 0.3) is 5.69 Å². The van der Waals surface area contributed by atoms with Crippen LogP contribution in [0.5, 0.6) is 0 Å². The van der Waals surface area contributed by atoms with Crippen LogP contribution in [0.15, 0.2) is 36.9 Å². The first-order valence-corrected chi connectivity index (χ1v) is 6.42. The summed E-state index contributed by atoms with van der Waals surface area (Å²) < 4.78 is 1.75. The third-order valence-electron chi connectivity index (χ3n) is 3.44. The van der Waals surface area contributed by atoms with E-state index in [1.165, 1.54) is 12.7 Å². The van der Waals surface area contributed by atoms with Crippen LogP contribution in [0.1, 0.15) is 27.2 Å². The van der Waals surface area contributed by atoms with Gasteiger partial charge >= 0.3 is 0 Å². The zero-order valence-electron chi connectivity index (χ0n) is 11.2. The van der Waals surface area contributed by atoms with Gasteiger partial charge in [-0.25, -0.2) is 9.67 Å². The lowest BCUT2D eigenvalue weighted by molar-refractivity contribution is 0.494. The Morgan fingerprint density at radius 2 is 1.94 bits per heavy atom. The molecule has 1 aromatic heterocycles. The molecule has 0 saturated carbocycles. The van der Waals surface area contributed by atoms with Crippen LogP contribution in [0.2, 0.25) is 0 Å². The van der Waals surface area contributed by atoms with E-state index in [-0.39, 0.29) is 0 Å². The van der Waals surface area contributed by atoms with Crippen molar-refractivity contribution in [2.75, 3.05) is 5.32 Å². The van der Waals surface area contributed by atoms with Crippen molar-refractivity contribution in [2.45, 2.75) is 33.2 Å². The van der Waals surface area contributed by atoms with Crippen molar-refractivity contribution in [1.29, 1.82) is 0 Å². The minimum absolute atomic E-state index is 0.479. The predicted molar refractivity (Wildman–Crippen MR) is 73.9 cm³/mol. The topological polar surface area (TPSA) is 42.7 Å². The Morgan fingerprint density at radius 3 is 2.50 bits per heavy atom. The Balaban J connectivity index is 2.04. The average Bonchev–Trinajstić information content (AvgIpc) is 2.92. The maximum Gasteiger partial charge on any atom is 0.138 e. The third kappa shape index (κ3) is 2.88. The van der Waals surface area contributed by atoms with E-state index in [9.17, 15) is 0 Å². The Kier molecular flexibility index (Phi) is 3.97. The third-order valence-corrected chi connectivity index (χ3v) is 3.44. The van der Waals surface area contributed by atoms with E-state index in [1.54, 1.807) is 11.0 Å². The van der Waals surface area contributed by atoms with Gasteiger partial charge < -0.3 is 5.32 Å². The maximum absolute atomic E-state index is 4.10. The van der Waals surface area contributed by atoms with Crippen molar-refractivity contribution >= 4 is 5.69 Å². The number of aromatic nitrogens is 3. The van der Waals surface area contributed by atoms with Crippen molar-refractivity contribution in [3.8, 4) is 5.69 Å². The SMILES string of the molecule is CCC(C)C(C)Nc1ccc(-n2cncn2)cc1. The Morgan fingerprint density at radius 1 is 1.22 bits per heavy atom. The first kappa shape index (κ1) is 12.6. The molecule has 2 atom stereocenters. The fourth-order valence-corrected chi connectivity index (χ4v) is 1.81. The molecular formula is C14H20N4. The number of anilines is 1. The van der Waals surface area contributed by atoms with Crippen LogP contribution in [-0.2, 0) is 0 Å². The van der Waals surface area contributed by atoms with E-state index in [2.05, 4.69) is 48.3 Å². The summed E-state index contributed by atoms with van der Waals surface area (Å²) in [5, 5.41) is 7.62. The second kappa shape index (κ2) is 5.67. The van der Waals surface area contributed by atoms with Gasteiger partial charge in [0.15, 0.2) is 0 Å². The highest BCUT2D eigenvalue weighted by Gasteiger charge is 2.09. The molecule has 0 aliphatic carbocycles. The molecule has 2 aromatic rings. The summed E-state index contributed by atoms with van der Waals surface area (Å²) in [6, 6.07) is 8.72. The van der Waals surface area contributed by atoms with Gasteiger partial charge in [-0.15, -0.1) is 0 Å². The standard InChI is InChI=1S/C14H20N4/c1-4-11(2)12(3)17-13-5-7-14(8-6-13)18-10-15-9-16-18/h5-12,17H,4H2,1-3H3. The highest BCUT2D eigenvalue weighted by atomic mass is 15.3. The van der Waals surface area contributed by atoms with Crippen LogP contribution >= 0.6 is 0 Å². The first-order chi connectivity index (χ1) is 8.70. The van der Waals surface area contributed by atoms with E-state index in [4.69, 9.17) is 0 Å². The largest absolute Gasteiger partial charge is 0.382 e. The van der Waals surface area contributed by atoms with Crippen LogP contribution < -0.4 is 5.32 Å². The summed E-state index contributed by atoms with van der Waals surface area (Å²) in [5.74, 6) is 0.667. The predicted octanol–water partition coefficient (Wildman–Crippen LogP) is 3.11. The summed E-state index contributed by atoms with van der Waals surface area (Å²) in [6.45, 7) is 6.71. The molecule has 0 bridgehead atoms. The van der Waals surface area contributed by atoms with Gasteiger partial charge in [-0.05, 0) is 37.1 Å². The van der Waals surface area contributed by atoms with Crippen molar-refractivity contribution in [3.05, 3.63) is 36.9 Å². The molecule has 96 valence electrons. The normalized spacial score (nSPS) is 14.2. The van der Waals surface area contributed by atoms with Gasteiger partial charge in [0.1, 0.15) is 12.7 Å². The second-order valence-electron chi connectivity index (χ2n) is 4.71. The van der Waals surface area contributed by atoms with E-state index in [1.807, 2.05) is 12.1 Å². The van der Waals surface area contributed by atoms with Gasteiger partial charge in [-0.1, -0.05) is 20.3 Å². The maximum atomic E-state index is 4.10. The molecule has 1 aromatic carbocycles. The number of hydrogen-bond donors (Lipinski definition) is 1. The smallest absolute Gasteiger partial charge is 0.138 e. The lowest BCUT2D eigenvalue weighted by Gasteiger charge is -2.21. The number of benzene rings is 1. The lowest BCUT2D eigenvalue weighted by Crippen LogP contribution is -2.23. The molecule has 0 fully saturated rings. The summed E-state index contributed by atoms with van der Waals surface area (Å²) >= 11 is 0. The van der Waals surface area contributed by atoms with Crippen LogP contribution in [0.3, 0.4) is 0 Å². The van der Waals surface area contributed by atoms with Gasteiger partial charge in [0.05, 0.1) is 5.69 Å². The Labute approximate surface area is 108 Å². The number of nitrogens with one attached hydrogen (secondary N) is 1. The number of nitrogens with zero attached hydrogens (tertiary/aromatic N) is 3. The van der Waals surface area contributed by atoms with Crippen LogP contribution in [-0.4, -0.2) is 20.8 Å². The van der Waals surface area contributed by atoms with Crippen molar-refractivity contribution in [2.24, 2.45) is 5.92 Å². The number of hydrogen-bond acceptors (Lipinski definition) is 3. The molecule has 1 heterocycles. The minimum Gasteiger partial charge on any atom is -0.382 e. The summed E-state index contributed by atoms with van der Waals surface area (Å²) in [7, 11) is 0. The first-order valence-electron chi connectivity index (χ1n) is 6.42. The van der Waals surface area contributed by atoms with E-state index >= 15 is 0 Å². The average molecular weight is 244 g/mol. The van der Waals surface area contributed by atoms with Gasteiger partial charge in [0.2, 0.25) is 0 Å². The van der Waals surface area contributed by atoms with Crippen molar-refractivity contribution in [1.82, 2.24) is 14.8 Å². The van der Waals surface area contributed by atoms with Crippen molar-refractivity contribution in [3.63, 3.8) is 0 Å². The second-order valence-corrected chi connectivity index (χ2v) is 4.71. The van der Waals surface area contributed by atoms with Gasteiger partial charge in [-0.3, -0.25) is 0 Å². The molecule has 1 N–H and O–H groups in total. The molecule has 0 saturated heterocycles. The molecule has 0 amide bonds. The molecule has 0 aliphatic heterocycles. The van der Waals surface area contributed by atoms with E-state index < -0.39 is 0 Å². The zero-order chi connectivity index (χ0) is 13.0. The van der Waals surface area contributed by atoms with Gasteiger partial charge in [-0.2, -0.15) is 5.10 Å². The summed E-state index contributed by atoms with van der Waals surface area (Å²) in [5.41, 5.74) is 2.17. The summed E-state index contributed by atoms with van der Waals surface area (Å²) in [4.78, 5) is 3.94. The zero-order valence-corrected chi connectivity index (χ0v) is 11.2.